The van der Waals surface area contributed by atoms with Crippen LogP contribution in [0.3, 0.4) is 0 Å². The maximum atomic E-state index is 13.0. The highest BCUT2D eigenvalue weighted by atomic mass is 35.5. The molecule has 102 valence electrons. The lowest BCUT2D eigenvalue weighted by atomic mass is 10.1. The van der Waals surface area contributed by atoms with E-state index in [4.69, 9.17) is 11.6 Å². The molecule has 0 saturated carbocycles. The van der Waals surface area contributed by atoms with Gasteiger partial charge < -0.3 is 10.2 Å². The van der Waals surface area contributed by atoms with Crippen molar-refractivity contribution in [1.82, 2.24) is 10.2 Å². The molecule has 1 aromatic carbocycles. The van der Waals surface area contributed by atoms with Crippen molar-refractivity contribution in [3.63, 3.8) is 0 Å². The summed E-state index contributed by atoms with van der Waals surface area (Å²) in [7, 11) is 4.16. The molecule has 2 nitrogen and oxygen atoms in total. The molecular weight excluding hydrogens is 251 g/mol. The molecule has 0 heterocycles. The molecule has 18 heavy (non-hydrogen) atoms. The number of unbranched alkanes of at least 4 members (excludes halogenated alkanes) is 1. The Kier molecular flexibility index (Phi) is 6.61. The molecule has 1 unspecified atom stereocenters. The van der Waals surface area contributed by atoms with Crippen LogP contribution in [0.1, 0.15) is 31.4 Å². The topological polar surface area (TPSA) is 15.3 Å². The van der Waals surface area contributed by atoms with Crippen molar-refractivity contribution in [2.45, 2.75) is 25.8 Å². The zero-order chi connectivity index (χ0) is 13.5. The van der Waals surface area contributed by atoms with Gasteiger partial charge in [0.15, 0.2) is 0 Å². The summed E-state index contributed by atoms with van der Waals surface area (Å²) in [5.41, 5.74) is 1.02. The van der Waals surface area contributed by atoms with Gasteiger partial charge in [-0.05, 0) is 64.6 Å². The molecule has 0 amide bonds. The van der Waals surface area contributed by atoms with Gasteiger partial charge in [-0.2, -0.15) is 0 Å². The Bertz CT molecular complexity index is 369. The fourth-order valence-electron chi connectivity index (χ4n) is 1.77. The van der Waals surface area contributed by atoms with Gasteiger partial charge in [-0.1, -0.05) is 17.7 Å². The van der Waals surface area contributed by atoms with Gasteiger partial charge in [-0.3, -0.25) is 0 Å². The monoisotopic (exact) mass is 272 g/mol. The van der Waals surface area contributed by atoms with Crippen LogP contribution in [0, 0.1) is 5.82 Å². The second-order valence-electron chi connectivity index (χ2n) is 4.86. The van der Waals surface area contributed by atoms with E-state index in [2.05, 4.69) is 31.2 Å². The molecular formula is C14H22ClFN2. The molecule has 1 atom stereocenters. The van der Waals surface area contributed by atoms with E-state index in [0.29, 0.717) is 0 Å². The Morgan fingerprint density at radius 2 is 2.06 bits per heavy atom. The number of rotatable bonds is 7. The van der Waals surface area contributed by atoms with E-state index in [-0.39, 0.29) is 16.9 Å². The van der Waals surface area contributed by atoms with E-state index in [0.717, 1.165) is 25.1 Å². The molecule has 0 aliphatic carbocycles. The van der Waals surface area contributed by atoms with Crippen LogP contribution in [0.4, 0.5) is 4.39 Å². The summed E-state index contributed by atoms with van der Waals surface area (Å²) >= 11 is 5.77. The van der Waals surface area contributed by atoms with Crippen molar-refractivity contribution < 1.29 is 4.39 Å². The van der Waals surface area contributed by atoms with E-state index in [9.17, 15) is 4.39 Å². The van der Waals surface area contributed by atoms with Crippen LogP contribution in [0.15, 0.2) is 18.2 Å². The van der Waals surface area contributed by atoms with Crippen molar-refractivity contribution in [3.8, 4) is 0 Å². The molecule has 0 fully saturated rings. The minimum Gasteiger partial charge on any atom is -0.310 e. The number of nitrogens with one attached hydrogen (secondary N) is 1. The molecule has 0 aliphatic heterocycles. The smallest absolute Gasteiger partial charge is 0.141 e. The van der Waals surface area contributed by atoms with Gasteiger partial charge in [0.1, 0.15) is 5.82 Å². The number of halogens is 2. The molecule has 0 bridgehead atoms. The third kappa shape index (κ3) is 5.34. The Morgan fingerprint density at radius 3 is 2.67 bits per heavy atom. The molecule has 0 radical (unpaired) electrons. The van der Waals surface area contributed by atoms with Crippen LogP contribution < -0.4 is 5.32 Å². The summed E-state index contributed by atoms with van der Waals surface area (Å²) in [6.45, 7) is 4.14. The van der Waals surface area contributed by atoms with Gasteiger partial charge in [0.05, 0.1) is 5.02 Å². The number of benzene rings is 1. The molecule has 0 aromatic heterocycles. The van der Waals surface area contributed by atoms with E-state index in [1.807, 2.05) is 0 Å². The van der Waals surface area contributed by atoms with Gasteiger partial charge in [0.2, 0.25) is 0 Å². The highest BCUT2D eigenvalue weighted by molar-refractivity contribution is 6.30. The van der Waals surface area contributed by atoms with Crippen LogP contribution >= 0.6 is 11.6 Å². The number of nitrogens with zero attached hydrogens (tertiary/aromatic N) is 1. The van der Waals surface area contributed by atoms with Crippen LogP contribution in [0.25, 0.3) is 0 Å². The zero-order valence-corrected chi connectivity index (χ0v) is 12.1. The van der Waals surface area contributed by atoms with Crippen LogP contribution in [0.2, 0.25) is 5.02 Å². The van der Waals surface area contributed by atoms with Gasteiger partial charge in [-0.15, -0.1) is 0 Å². The normalized spacial score (nSPS) is 13.0. The maximum Gasteiger partial charge on any atom is 0.141 e. The lowest BCUT2D eigenvalue weighted by Gasteiger charge is -2.15. The molecule has 0 saturated heterocycles. The second kappa shape index (κ2) is 7.72. The summed E-state index contributed by atoms with van der Waals surface area (Å²) in [5.74, 6) is -0.362. The molecule has 0 spiro atoms. The minimum absolute atomic E-state index is 0.189. The Labute approximate surface area is 114 Å². The summed E-state index contributed by atoms with van der Waals surface area (Å²) in [6.07, 6.45) is 2.31. The van der Waals surface area contributed by atoms with E-state index in [1.54, 1.807) is 12.1 Å². The van der Waals surface area contributed by atoms with Crippen LogP contribution in [-0.2, 0) is 0 Å². The second-order valence-corrected chi connectivity index (χ2v) is 5.27. The van der Waals surface area contributed by atoms with Gasteiger partial charge in [0, 0.05) is 6.04 Å². The average molecular weight is 273 g/mol. The first kappa shape index (κ1) is 15.4. The van der Waals surface area contributed by atoms with Crippen LogP contribution in [0.5, 0.6) is 0 Å². The quantitative estimate of drug-likeness (QED) is 0.765. The van der Waals surface area contributed by atoms with E-state index < -0.39 is 0 Å². The third-order valence-corrected chi connectivity index (χ3v) is 3.22. The maximum absolute atomic E-state index is 13.0. The molecule has 0 aliphatic rings. The first-order valence-corrected chi connectivity index (χ1v) is 6.71. The van der Waals surface area contributed by atoms with Crippen molar-refractivity contribution in [1.29, 1.82) is 0 Å². The fourth-order valence-corrected chi connectivity index (χ4v) is 1.96. The Balaban J connectivity index is 2.31. The highest BCUT2D eigenvalue weighted by Crippen LogP contribution is 2.20. The third-order valence-electron chi connectivity index (χ3n) is 2.93. The highest BCUT2D eigenvalue weighted by Gasteiger charge is 2.07. The Morgan fingerprint density at radius 1 is 1.33 bits per heavy atom. The first-order valence-electron chi connectivity index (χ1n) is 6.33. The first-order chi connectivity index (χ1) is 8.50. The van der Waals surface area contributed by atoms with E-state index >= 15 is 0 Å². The SMILES string of the molecule is CC(NCCCCN(C)C)c1ccc(F)c(Cl)c1. The van der Waals surface area contributed by atoms with Crippen molar-refractivity contribution in [2.24, 2.45) is 0 Å². The summed E-state index contributed by atoms with van der Waals surface area (Å²) in [4.78, 5) is 2.18. The summed E-state index contributed by atoms with van der Waals surface area (Å²) in [5, 5.41) is 3.61. The number of hydrogen-bond acceptors (Lipinski definition) is 2. The summed E-state index contributed by atoms with van der Waals surface area (Å²) < 4.78 is 13.0. The van der Waals surface area contributed by atoms with Gasteiger partial charge in [-0.25, -0.2) is 4.39 Å². The lowest BCUT2D eigenvalue weighted by Crippen LogP contribution is -2.21. The molecule has 1 rings (SSSR count). The zero-order valence-electron chi connectivity index (χ0n) is 11.3. The molecule has 4 heteroatoms. The standard InChI is InChI=1S/C14H22ClFN2/c1-11(17-8-4-5-9-18(2)3)12-6-7-14(16)13(15)10-12/h6-7,10-11,17H,4-5,8-9H2,1-3H3. The summed E-state index contributed by atoms with van der Waals surface area (Å²) in [6, 6.07) is 5.08. The molecule has 1 aromatic rings. The van der Waals surface area contributed by atoms with Crippen molar-refractivity contribution in [2.75, 3.05) is 27.2 Å². The van der Waals surface area contributed by atoms with Gasteiger partial charge in [0.25, 0.3) is 0 Å². The largest absolute Gasteiger partial charge is 0.310 e. The predicted octanol–water partition coefficient (Wildman–Crippen LogP) is 3.47. The fraction of sp³-hybridized carbons (Fsp3) is 0.571. The average Bonchev–Trinajstić information content (AvgIpc) is 2.31. The van der Waals surface area contributed by atoms with Gasteiger partial charge >= 0.3 is 0 Å². The minimum atomic E-state index is -0.362. The van der Waals surface area contributed by atoms with Crippen molar-refractivity contribution >= 4 is 11.6 Å². The number of hydrogen-bond donors (Lipinski definition) is 1. The predicted molar refractivity (Wildman–Crippen MR) is 75.6 cm³/mol. The molecule has 1 N–H and O–H groups in total. The van der Waals surface area contributed by atoms with Crippen LogP contribution in [-0.4, -0.2) is 32.1 Å². The van der Waals surface area contributed by atoms with E-state index in [1.165, 1.54) is 12.5 Å². The lowest BCUT2D eigenvalue weighted by molar-refractivity contribution is 0.389. The van der Waals surface area contributed by atoms with Crippen molar-refractivity contribution in [3.05, 3.63) is 34.6 Å². The Hall–Kier alpha value is -0.640.